The van der Waals surface area contributed by atoms with Gasteiger partial charge in [-0.1, -0.05) is 23.2 Å². The minimum atomic E-state index is -0.480. The maximum Gasteiger partial charge on any atom is 0.176 e. The van der Waals surface area contributed by atoms with E-state index in [9.17, 15) is 4.79 Å². The lowest BCUT2D eigenvalue weighted by Crippen LogP contribution is -2.45. The van der Waals surface area contributed by atoms with Crippen LogP contribution in [0.5, 0.6) is 0 Å². The van der Waals surface area contributed by atoms with E-state index < -0.39 is 5.54 Å². The molecule has 0 aliphatic rings. The fourth-order valence-electron chi connectivity index (χ4n) is 1.15. The molecule has 0 aliphatic carbocycles. The van der Waals surface area contributed by atoms with Crippen LogP contribution in [0.15, 0.2) is 18.2 Å². The summed E-state index contributed by atoms with van der Waals surface area (Å²) in [7, 11) is 0. The number of carbonyl (C=O) groups excluding carboxylic acids is 1. The number of aliphatic hydroxyl groups is 1. The predicted molar refractivity (Wildman–Crippen MR) is 70.0 cm³/mol. The van der Waals surface area contributed by atoms with Crippen molar-refractivity contribution < 1.29 is 9.90 Å². The summed E-state index contributed by atoms with van der Waals surface area (Å²) in [5.74, 6) is -0.0925. The van der Waals surface area contributed by atoms with E-state index in [1.807, 2.05) is 13.8 Å². The summed E-state index contributed by atoms with van der Waals surface area (Å²) in [5.41, 5.74) is 0.0203. The number of nitrogens with one attached hydrogen (secondary N) is 1. The van der Waals surface area contributed by atoms with E-state index in [0.717, 1.165) is 0 Å². The molecule has 1 aromatic carbocycles. The first-order valence-corrected chi connectivity index (χ1v) is 5.95. The van der Waals surface area contributed by atoms with Gasteiger partial charge in [-0.3, -0.25) is 4.79 Å². The van der Waals surface area contributed by atoms with E-state index in [1.54, 1.807) is 18.2 Å². The Bertz CT molecular complexity index is 419. The molecule has 0 atom stereocenters. The van der Waals surface area contributed by atoms with Gasteiger partial charge >= 0.3 is 0 Å². The smallest absolute Gasteiger partial charge is 0.176 e. The zero-order chi connectivity index (χ0) is 13.1. The largest absolute Gasteiger partial charge is 0.394 e. The Hall–Kier alpha value is -0.610. The van der Waals surface area contributed by atoms with Gasteiger partial charge in [-0.25, -0.2) is 0 Å². The van der Waals surface area contributed by atoms with E-state index in [0.29, 0.717) is 15.6 Å². The zero-order valence-electron chi connectivity index (χ0n) is 9.76. The van der Waals surface area contributed by atoms with Crippen molar-refractivity contribution in [2.75, 3.05) is 13.2 Å². The van der Waals surface area contributed by atoms with Gasteiger partial charge in [-0.05, 0) is 32.0 Å². The molecule has 1 aromatic rings. The molecule has 0 heterocycles. The average molecular weight is 276 g/mol. The number of Topliss-reactive ketones (excluding diaryl/α,β-unsaturated/α-hetero) is 1. The summed E-state index contributed by atoms with van der Waals surface area (Å²) >= 11 is 11.6. The molecule has 0 amide bonds. The summed E-state index contributed by atoms with van der Waals surface area (Å²) in [4.78, 5) is 11.8. The van der Waals surface area contributed by atoms with E-state index in [2.05, 4.69) is 5.32 Å². The van der Waals surface area contributed by atoms with Gasteiger partial charge in [0, 0.05) is 11.1 Å². The minimum Gasteiger partial charge on any atom is -0.394 e. The molecule has 94 valence electrons. The number of aliphatic hydroxyl groups excluding tert-OH is 1. The second-order valence-electron chi connectivity index (χ2n) is 4.45. The number of halogens is 2. The van der Waals surface area contributed by atoms with Crippen LogP contribution in [0, 0.1) is 0 Å². The highest BCUT2D eigenvalue weighted by Gasteiger charge is 2.17. The number of hydrogen-bond acceptors (Lipinski definition) is 3. The average Bonchev–Trinajstić information content (AvgIpc) is 2.30. The molecule has 3 nitrogen and oxygen atoms in total. The maximum absolute atomic E-state index is 11.8. The Kier molecular flexibility index (Phi) is 4.95. The molecule has 0 saturated heterocycles. The van der Waals surface area contributed by atoms with Gasteiger partial charge in [-0.15, -0.1) is 0 Å². The van der Waals surface area contributed by atoms with Crippen molar-refractivity contribution in [1.29, 1.82) is 0 Å². The molecule has 0 aliphatic heterocycles. The van der Waals surface area contributed by atoms with Crippen LogP contribution in [0.4, 0.5) is 0 Å². The van der Waals surface area contributed by atoms with Crippen LogP contribution in [-0.4, -0.2) is 29.6 Å². The third-order valence-electron chi connectivity index (χ3n) is 2.36. The molecular weight excluding hydrogens is 261 g/mol. The second kappa shape index (κ2) is 5.83. The number of rotatable bonds is 5. The van der Waals surface area contributed by atoms with Gasteiger partial charge in [0.15, 0.2) is 5.78 Å². The highest BCUT2D eigenvalue weighted by Crippen LogP contribution is 2.22. The molecule has 0 radical (unpaired) electrons. The Labute approximate surface area is 111 Å². The molecule has 5 heteroatoms. The van der Waals surface area contributed by atoms with Crippen molar-refractivity contribution >= 4 is 29.0 Å². The Balaban J connectivity index is 2.68. The van der Waals surface area contributed by atoms with Crippen molar-refractivity contribution in [3.63, 3.8) is 0 Å². The van der Waals surface area contributed by atoms with E-state index in [4.69, 9.17) is 28.3 Å². The third-order valence-corrected chi connectivity index (χ3v) is 3.10. The topological polar surface area (TPSA) is 49.3 Å². The molecule has 2 N–H and O–H groups in total. The summed E-state index contributed by atoms with van der Waals surface area (Å²) in [6, 6.07) is 4.76. The van der Waals surface area contributed by atoms with Crippen LogP contribution >= 0.6 is 23.2 Å². The van der Waals surface area contributed by atoms with Crippen LogP contribution in [0.25, 0.3) is 0 Å². The van der Waals surface area contributed by atoms with Crippen LogP contribution in [-0.2, 0) is 0 Å². The SMILES string of the molecule is CC(C)(CO)NCC(=O)c1ccc(Cl)c(Cl)c1. The molecule has 17 heavy (non-hydrogen) atoms. The first-order valence-electron chi connectivity index (χ1n) is 5.20. The Morgan fingerprint density at radius 2 is 2.00 bits per heavy atom. The molecule has 0 aromatic heterocycles. The first-order chi connectivity index (χ1) is 7.85. The second-order valence-corrected chi connectivity index (χ2v) is 5.26. The lowest BCUT2D eigenvalue weighted by Gasteiger charge is -2.22. The molecular formula is C12H15Cl2NO2. The summed E-state index contributed by atoms with van der Waals surface area (Å²) in [6.07, 6.45) is 0. The summed E-state index contributed by atoms with van der Waals surface area (Å²) in [5, 5.41) is 12.8. The van der Waals surface area contributed by atoms with Gasteiger partial charge in [-0.2, -0.15) is 0 Å². The lowest BCUT2D eigenvalue weighted by molar-refractivity contribution is 0.0968. The van der Waals surface area contributed by atoms with Gasteiger partial charge in [0.05, 0.1) is 23.2 Å². The highest BCUT2D eigenvalue weighted by atomic mass is 35.5. The molecule has 1 rings (SSSR count). The summed E-state index contributed by atoms with van der Waals surface area (Å²) in [6.45, 7) is 3.73. The van der Waals surface area contributed by atoms with Gasteiger partial charge < -0.3 is 10.4 Å². The summed E-state index contributed by atoms with van der Waals surface area (Å²) < 4.78 is 0. The maximum atomic E-state index is 11.8. The molecule has 0 spiro atoms. The number of carbonyl (C=O) groups is 1. The zero-order valence-corrected chi connectivity index (χ0v) is 11.3. The molecule has 0 saturated carbocycles. The number of ketones is 1. The standard InChI is InChI=1S/C12H15Cl2NO2/c1-12(2,7-16)15-6-11(17)8-3-4-9(13)10(14)5-8/h3-5,15-16H,6-7H2,1-2H3. The van der Waals surface area contributed by atoms with E-state index in [1.165, 1.54) is 0 Å². The van der Waals surface area contributed by atoms with Gasteiger partial charge in [0.1, 0.15) is 0 Å². The molecule has 0 bridgehead atoms. The van der Waals surface area contributed by atoms with Crippen molar-refractivity contribution in [2.45, 2.75) is 19.4 Å². The Morgan fingerprint density at radius 1 is 1.35 bits per heavy atom. The Morgan fingerprint density at radius 3 is 2.53 bits per heavy atom. The van der Waals surface area contributed by atoms with Crippen molar-refractivity contribution in [3.8, 4) is 0 Å². The van der Waals surface area contributed by atoms with Crippen LogP contribution < -0.4 is 5.32 Å². The number of hydrogen-bond donors (Lipinski definition) is 2. The quantitative estimate of drug-likeness (QED) is 0.812. The van der Waals surface area contributed by atoms with Crippen molar-refractivity contribution in [3.05, 3.63) is 33.8 Å². The van der Waals surface area contributed by atoms with E-state index in [-0.39, 0.29) is 18.9 Å². The third kappa shape index (κ3) is 4.28. The van der Waals surface area contributed by atoms with Crippen LogP contribution in [0.1, 0.15) is 24.2 Å². The van der Waals surface area contributed by atoms with Crippen LogP contribution in [0.2, 0.25) is 10.0 Å². The first kappa shape index (κ1) is 14.5. The lowest BCUT2D eigenvalue weighted by atomic mass is 10.1. The van der Waals surface area contributed by atoms with E-state index >= 15 is 0 Å². The number of benzene rings is 1. The predicted octanol–water partition coefficient (Wildman–Crippen LogP) is 2.54. The molecule has 0 fully saturated rings. The van der Waals surface area contributed by atoms with Crippen molar-refractivity contribution in [2.24, 2.45) is 0 Å². The fourth-order valence-corrected chi connectivity index (χ4v) is 1.45. The monoisotopic (exact) mass is 275 g/mol. The van der Waals surface area contributed by atoms with Crippen LogP contribution in [0.3, 0.4) is 0 Å². The molecule has 0 unspecified atom stereocenters. The fraction of sp³-hybridized carbons (Fsp3) is 0.417. The minimum absolute atomic E-state index is 0.0400. The van der Waals surface area contributed by atoms with Gasteiger partial charge in [0.25, 0.3) is 0 Å². The highest BCUT2D eigenvalue weighted by molar-refractivity contribution is 6.42. The van der Waals surface area contributed by atoms with Gasteiger partial charge in [0.2, 0.25) is 0 Å². The van der Waals surface area contributed by atoms with Crippen molar-refractivity contribution in [1.82, 2.24) is 5.32 Å². The normalized spacial score (nSPS) is 11.6.